The van der Waals surface area contributed by atoms with Gasteiger partial charge in [-0.15, -0.1) is 0 Å². The molecule has 6 heteroatoms. The number of hydrogen-bond acceptors (Lipinski definition) is 6. The summed E-state index contributed by atoms with van der Waals surface area (Å²) in [6.45, 7) is 8.53. The van der Waals surface area contributed by atoms with Gasteiger partial charge in [0.25, 0.3) is 0 Å². The highest BCUT2D eigenvalue weighted by atomic mass is 15.3. The summed E-state index contributed by atoms with van der Waals surface area (Å²) in [7, 11) is 4.35. The normalized spacial score (nSPS) is 22.3. The Balaban J connectivity index is 1.77. The quantitative estimate of drug-likeness (QED) is 0.756. The van der Waals surface area contributed by atoms with Crippen molar-refractivity contribution in [3.8, 4) is 0 Å². The highest BCUT2D eigenvalue weighted by Crippen LogP contribution is 2.25. The fraction of sp³-hybridized carbons (Fsp3) is 0.714. The summed E-state index contributed by atoms with van der Waals surface area (Å²) in [6.07, 6.45) is 3.63. The van der Waals surface area contributed by atoms with Crippen LogP contribution in [0, 0.1) is 0 Å². The van der Waals surface area contributed by atoms with Gasteiger partial charge in [0.2, 0.25) is 0 Å². The molecule has 0 atom stereocenters. The van der Waals surface area contributed by atoms with Crippen LogP contribution in [-0.2, 0) is 0 Å². The largest absolute Gasteiger partial charge is 0.351 e. The maximum atomic E-state index is 4.61. The van der Waals surface area contributed by atoms with E-state index in [1.165, 1.54) is 0 Å². The zero-order valence-corrected chi connectivity index (χ0v) is 12.5. The summed E-state index contributed by atoms with van der Waals surface area (Å²) in [5, 5.41) is 0. The highest BCUT2D eigenvalue weighted by Gasteiger charge is 2.23. The molecule has 2 aliphatic rings. The number of rotatable bonds is 2. The topological polar surface area (TPSA) is 38.7 Å². The molecule has 0 aliphatic carbocycles. The first-order chi connectivity index (χ1) is 9.74. The van der Waals surface area contributed by atoms with Gasteiger partial charge >= 0.3 is 0 Å². The smallest absolute Gasteiger partial charge is 0.172 e. The maximum Gasteiger partial charge on any atom is 0.172 e. The van der Waals surface area contributed by atoms with Gasteiger partial charge < -0.3 is 19.6 Å². The van der Waals surface area contributed by atoms with Crippen molar-refractivity contribution in [1.82, 2.24) is 19.8 Å². The average Bonchev–Trinajstić information content (AvgIpc) is 2.49. The second-order valence-electron chi connectivity index (χ2n) is 5.78. The second-order valence-corrected chi connectivity index (χ2v) is 5.78. The third-order valence-electron chi connectivity index (χ3n) is 4.27. The standard InChI is InChI=1S/C14H24N6/c1-17-5-9-19(10-6-17)13-14(16-4-3-15-13)20-11-7-18(2)8-12-20/h3-4H,5-12H2,1-2H3. The Morgan fingerprint density at radius 3 is 1.35 bits per heavy atom. The Bertz CT molecular complexity index is 394. The van der Waals surface area contributed by atoms with Gasteiger partial charge in [0.15, 0.2) is 11.6 Å². The molecule has 6 nitrogen and oxygen atoms in total. The molecule has 0 saturated carbocycles. The van der Waals surface area contributed by atoms with Crippen molar-refractivity contribution in [2.24, 2.45) is 0 Å². The second kappa shape index (κ2) is 5.93. The molecule has 0 N–H and O–H groups in total. The molecule has 1 aromatic heterocycles. The van der Waals surface area contributed by atoms with Gasteiger partial charge in [-0.05, 0) is 14.1 Å². The van der Waals surface area contributed by atoms with Crippen LogP contribution < -0.4 is 9.80 Å². The lowest BCUT2D eigenvalue weighted by molar-refractivity contribution is 0.308. The van der Waals surface area contributed by atoms with Crippen LogP contribution in [0.25, 0.3) is 0 Å². The molecule has 0 spiro atoms. The number of likely N-dealkylation sites (N-methyl/N-ethyl adjacent to an activating group) is 2. The third kappa shape index (κ3) is 2.86. The SMILES string of the molecule is CN1CCN(c2nccnc2N2CCN(C)CC2)CC1. The Kier molecular flexibility index (Phi) is 4.03. The van der Waals surface area contributed by atoms with E-state index in [1.807, 2.05) is 12.4 Å². The first kappa shape index (κ1) is 13.6. The minimum atomic E-state index is 1.04. The Morgan fingerprint density at radius 2 is 1.00 bits per heavy atom. The van der Waals surface area contributed by atoms with Crippen LogP contribution >= 0.6 is 0 Å². The van der Waals surface area contributed by atoms with Gasteiger partial charge in [-0.3, -0.25) is 0 Å². The van der Waals surface area contributed by atoms with Crippen molar-refractivity contribution in [1.29, 1.82) is 0 Å². The van der Waals surface area contributed by atoms with Gasteiger partial charge in [-0.25, -0.2) is 9.97 Å². The molecule has 0 aromatic carbocycles. The summed E-state index contributed by atoms with van der Waals surface area (Å²) >= 11 is 0. The first-order valence-electron chi connectivity index (χ1n) is 7.42. The van der Waals surface area contributed by atoms with E-state index in [9.17, 15) is 0 Å². The van der Waals surface area contributed by atoms with Gasteiger partial charge in [0.05, 0.1) is 0 Å². The van der Waals surface area contributed by atoms with E-state index in [2.05, 4.69) is 43.7 Å². The van der Waals surface area contributed by atoms with Crippen molar-refractivity contribution in [2.75, 3.05) is 76.3 Å². The number of nitrogens with zero attached hydrogens (tertiary/aromatic N) is 6. The van der Waals surface area contributed by atoms with Crippen LogP contribution in [0.1, 0.15) is 0 Å². The number of hydrogen-bond donors (Lipinski definition) is 0. The molecular weight excluding hydrogens is 252 g/mol. The van der Waals surface area contributed by atoms with Crippen LogP contribution in [-0.4, -0.2) is 86.2 Å². The van der Waals surface area contributed by atoms with Crippen LogP contribution in [0.2, 0.25) is 0 Å². The van der Waals surface area contributed by atoms with Gasteiger partial charge in [0, 0.05) is 64.8 Å². The Labute approximate surface area is 121 Å². The predicted molar refractivity (Wildman–Crippen MR) is 81.5 cm³/mol. The fourth-order valence-electron chi connectivity index (χ4n) is 2.81. The highest BCUT2D eigenvalue weighted by molar-refractivity contribution is 5.62. The Hall–Kier alpha value is -1.40. The molecule has 2 aliphatic heterocycles. The summed E-state index contributed by atoms with van der Waals surface area (Å²) in [5.74, 6) is 2.12. The number of piperazine rings is 2. The van der Waals surface area contributed by atoms with E-state index in [4.69, 9.17) is 0 Å². The summed E-state index contributed by atoms with van der Waals surface area (Å²) < 4.78 is 0. The van der Waals surface area contributed by atoms with Crippen molar-refractivity contribution in [3.63, 3.8) is 0 Å². The van der Waals surface area contributed by atoms with Crippen LogP contribution in [0.5, 0.6) is 0 Å². The van der Waals surface area contributed by atoms with Crippen molar-refractivity contribution in [2.45, 2.75) is 0 Å². The molecule has 110 valence electrons. The summed E-state index contributed by atoms with van der Waals surface area (Å²) in [4.78, 5) is 18.7. The van der Waals surface area contributed by atoms with Gasteiger partial charge in [0.1, 0.15) is 0 Å². The van der Waals surface area contributed by atoms with Crippen LogP contribution in [0.3, 0.4) is 0 Å². The average molecular weight is 276 g/mol. The molecule has 0 radical (unpaired) electrons. The van der Waals surface area contributed by atoms with E-state index in [1.54, 1.807) is 0 Å². The van der Waals surface area contributed by atoms with E-state index in [0.29, 0.717) is 0 Å². The molecule has 0 unspecified atom stereocenters. The minimum Gasteiger partial charge on any atom is -0.351 e. The van der Waals surface area contributed by atoms with Gasteiger partial charge in [-0.1, -0.05) is 0 Å². The summed E-state index contributed by atoms with van der Waals surface area (Å²) in [6, 6.07) is 0. The zero-order chi connectivity index (χ0) is 13.9. The first-order valence-corrected chi connectivity index (χ1v) is 7.42. The van der Waals surface area contributed by atoms with Crippen LogP contribution in [0.15, 0.2) is 12.4 Å². The van der Waals surface area contributed by atoms with Gasteiger partial charge in [-0.2, -0.15) is 0 Å². The monoisotopic (exact) mass is 276 g/mol. The Morgan fingerprint density at radius 1 is 0.650 bits per heavy atom. The van der Waals surface area contributed by atoms with Crippen molar-refractivity contribution >= 4 is 11.6 Å². The van der Waals surface area contributed by atoms with E-state index < -0.39 is 0 Å². The lowest BCUT2D eigenvalue weighted by atomic mass is 10.3. The molecule has 2 fully saturated rings. The molecule has 0 bridgehead atoms. The van der Waals surface area contributed by atoms with E-state index in [-0.39, 0.29) is 0 Å². The summed E-state index contributed by atoms with van der Waals surface area (Å²) in [5.41, 5.74) is 0. The maximum absolute atomic E-state index is 4.61. The van der Waals surface area contributed by atoms with Crippen molar-refractivity contribution in [3.05, 3.63) is 12.4 Å². The third-order valence-corrected chi connectivity index (χ3v) is 4.27. The lowest BCUT2D eigenvalue weighted by Gasteiger charge is -2.37. The molecule has 3 heterocycles. The number of aromatic nitrogens is 2. The zero-order valence-electron chi connectivity index (χ0n) is 12.5. The fourth-order valence-corrected chi connectivity index (χ4v) is 2.81. The number of anilines is 2. The molecule has 0 amide bonds. The van der Waals surface area contributed by atoms with Crippen LogP contribution in [0.4, 0.5) is 11.6 Å². The van der Waals surface area contributed by atoms with E-state index >= 15 is 0 Å². The lowest BCUT2D eigenvalue weighted by Crippen LogP contribution is -2.48. The molecule has 1 aromatic rings. The molecule has 20 heavy (non-hydrogen) atoms. The molecule has 3 rings (SSSR count). The minimum absolute atomic E-state index is 1.04. The molecular formula is C14H24N6. The predicted octanol–water partition coefficient (Wildman–Crippen LogP) is -0.0198. The van der Waals surface area contributed by atoms with E-state index in [0.717, 1.165) is 64.0 Å². The molecule has 2 saturated heterocycles. The van der Waals surface area contributed by atoms with Crippen molar-refractivity contribution < 1.29 is 0 Å².